The largest absolute Gasteiger partial charge is 0.473 e. The van der Waals surface area contributed by atoms with Gasteiger partial charge in [-0.05, 0) is 24.3 Å². The van der Waals surface area contributed by atoms with E-state index in [4.69, 9.17) is 40.9 Å². The molecule has 25 heavy (non-hydrogen) atoms. The summed E-state index contributed by atoms with van der Waals surface area (Å²) in [5, 5.41) is 15.6. The van der Waals surface area contributed by atoms with Gasteiger partial charge in [0.05, 0.1) is 26.4 Å². The van der Waals surface area contributed by atoms with Gasteiger partial charge in [0.1, 0.15) is 0 Å². The number of rotatable bonds is 7. The first kappa shape index (κ1) is 21.7. The molecular weight excluding hydrogens is 370 g/mol. The van der Waals surface area contributed by atoms with Gasteiger partial charge in [0, 0.05) is 35.3 Å². The van der Waals surface area contributed by atoms with Crippen molar-refractivity contribution in [3.8, 4) is 0 Å². The number of hydrogen-bond acceptors (Lipinski definition) is 6. The lowest BCUT2D eigenvalue weighted by Gasteiger charge is -2.26. The van der Waals surface area contributed by atoms with Crippen molar-refractivity contribution < 1.29 is 29.3 Å². The second-order valence-corrected chi connectivity index (χ2v) is 6.58. The Balaban J connectivity index is 0.000000450. The molecule has 1 aliphatic heterocycles. The van der Waals surface area contributed by atoms with E-state index in [1.807, 2.05) is 24.3 Å². The topological polar surface area (TPSA) is 96.3 Å². The van der Waals surface area contributed by atoms with Crippen molar-refractivity contribution in [1.29, 1.82) is 0 Å². The van der Waals surface area contributed by atoms with Crippen molar-refractivity contribution in [3.63, 3.8) is 0 Å². The van der Waals surface area contributed by atoms with Crippen LogP contribution in [-0.2, 0) is 19.1 Å². The smallest absolute Gasteiger partial charge is 0.414 e. The Morgan fingerprint density at radius 3 is 2.28 bits per heavy atom. The molecule has 1 saturated heterocycles. The number of carboxylic acids is 2. The average molecular weight is 392 g/mol. The number of carbonyl (C=O) groups is 2. The Morgan fingerprint density at radius 2 is 1.72 bits per heavy atom. The molecule has 0 aliphatic carbocycles. The van der Waals surface area contributed by atoms with Crippen LogP contribution in [0.25, 0.3) is 0 Å². The highest BCUT2D eigenvalue weighted by Gasteiger charge is 2.09. The van der Waals surface area contributed by atoms with Crippen LogP contribution in [0.3, 0.4) is 0 Å². The Hall–Kier alpha value is -1.32. The Bertz CT molecular complexity index is 510. The lowest BCUT2D eigenvalue weighted by molar-refractivity contribution is -0.159. The standard InChI is InChI=1S/C14H20ClNO2S.C2H2O4/c15-13-1-3-14(4-2-13)19-12-11-18-10-7-16-5-8-17-9-6-16;3-1(4)2(5)6/h1-4H,5-12H2;(H,3,4)(H,5,6). The van der Waals surface area contributed by atoms with Gasteiger partial charge >= 0.3 is 11.9 Å². The molecular formula is C16H22ClNO6S. The third kappa shape index (κ3) is 11.0. The molecule has 1 aliphatic rings. The highest BCUT2D eigenvalue weighted by Crippen LogP contribution is 2.19. The second kappa shape index (κ2) is 13.0. The summed E-state index contributed by atoms with van der Waals surface area (Å²) in [7, 11) is 0. The van der Waals surface area contributed by atoms with Crippen molar-refractivity contribution >= 4 is 35.3 Å². The van der Waals surface area contributed by atoms with Gasteiger partial charge in [-0.1, -0.05) is 11.6 Å². The molecule has 9 heteroatoms. The molecule has 140 valence electrons. The maximum Gasteiger partial charge on any atom is 0.414 e. The summed E-state index contributed by atoms with van der Waals surface area (Å²) >= 11 is 7.64. The van der Waals surface area contributed by atoms with E-state index >= 15 is 0 Å². The Morgan fingerprint density at radius 1 is 1.12 bits per heavy atom. The normalized spacial score (nSPS) is 14.4. The van der Waals surface area contributed by atoms with Crippen LogP contribution in [0, 0.1) is 0 Å². The zero-order valence-electron chi connectivity index (χ0n) is 13.7. The summed E-state index contributed by atoms with van der Waals surface area (Å²) in [5.41, 5.74) is 0. The predicted octanol–water partition coefficient (Wildman–Crippen LogP) is 1.94. The van der Waals surface area contributed by atoms with Gasteiger partial charge in [-0.3, -0.25) is 4.90 Å². The first-order chi connectivity index (χ1) is 12.0. The van der Waals surface area contributed by atoms with Gasteiger partial charge in [0.25, 0.3) is 0 Å². The van der Waals surface area contributed by atoms with Crippen LogP contribution >= 0.6 is 23.4 Å². The number of halogens is 1. The van der Waals surface area contributed by atoms with Crippen LogP contribution in [0.1, 0.15) is 0 Å². The van der Waals surface area contributed by atoms with Crippen LogP contribution < -0.4 is 0 Å². The molecule has 0 saturated carbocycles. The molecule has 0 spiro atoms. The molecule has 0 atom stereocenters. The van der Waals surface area contributed by atoms with Crippen LogP contribution in [0.5, 0.6) is 0 Å². The average Bonchev–Trinajstić information content (AvgIpc) is 2.61. The van der Waals surface area contributed by atoms with Crippen molar-refractivity contribution in [3.05, 3.63) is 29.3 Å². The monoisotopic (exact) mass is 391 g/mol. The van der Waals surface area contributed by atoms with Gasteiger partial charge in [-0.2, -0.15) is 0 Å². The molecule has 2 rings (SSSR count). The Labute approximate surface area is 155 Å². The molecule has 0 radical (unpaired) electrons. The fourth-order valence-corrected chi connectivity index (χ4v) is 2.76. The van der Waals surface area contributed by atoms with E-state index in [-0.39, 0.29) is 0 Å². The molecule has 0 aromatic heterocycles. The number of hydrogen-bond donors (Lipinski definition) is 2. The quantitative estimate of drug-likeness (QED) is 0.413. The van der Waals surface area contributed by atoms with Crippen molar-refractivity contribution in [2.75, 3.05) is 51.8 Å². The molecule has 1 aromatic carbocycles. The maximum atomic E-state index is 9.10. The molecule has 1 aromatic rings. The van der Waals surface area contributed by atoms with E-state index in [1.54, 1.807) is 11.8 Å². The summed E-state index contributed by atoms with van der Waals surface area (Å²) in [6.07, 6.45) is 0. The van der Waals surface area contributed by atoms with Crippen molar-refractivity contribution in [1.82, 2.24) is 4.90 Å². The van der Waals surface area contributed by atoms with Gasteiger partial charge in [0.15, 0.2) is 0 Å². The maximum absolute atomic E-state index is 9.10. The minimum atomic E-state index is -1.82. The molecule has 1 fully saturated rings. The Kier molecular flexibility index (Phi) is 11.3. The van der Waals surface area contributed by atoms with Gasteiger partial charge < -0.3 is 19.7 Å². The molecule has 7 nitrogen and oxygen atoms in total. The SMILES string of the molecule is Clc1ccc(SCCOCCN2CCOCC2)cc1.O=C(O)C(=O)O. The summed E-state index contributed by atoms with van der Waals surface area (Å²) < 4.78 is 11.0. The van der Waals surface area contributed by atoms with E-state index in [0.29, 0.717) is 0 Å². The van der Waals surface area contributed by atoms with Crippen LogP contribution in [0.2, 0.25) is 5.02 Å². The van der Waals surface area contributed by atoms with E-state index < -0.39 is 11.9 Å². The second-order valence-electron chi connectivity index (χ2n) is 4.98. The fraction of sp³-hybridized carbons (Fsp3) is 0.500. The third-order valence-corrected chi connectivity index (χ3v) is 4.38. The van der Waals surface area contributed by atoms with E-state index in [9.17, 15) is 0 Å². The van der Waals surface area contributed by atoms with Crippen LogP contribution in [0.4, 0.5) is 0 Å². The van der Waals surface area contributed by atoms with E-state index in [1.165, 1.54) is 4.90 Å². The molecule has 0 unspecified atom stereocenters. The van der Waals surface area contributed by atoms with Crippen LogP contribution in [-0.4, -0.2) is 78.9 Å². The van der Waals surface area contributed by atoms with Crippen molar-refractivity contribution in [2.24, 2.45) is 0 Å². The minimum Gasteiger partial charge on any atom is -0.473 e. The van der Waals surface area contributed by atoms with E-state index in [2.05, 4.69) is 4.90 Å². The molecule has 2 N–H and O–H groups in total. The number of morpholine rings is 1. The summed E-state index contributed by atoms with van der Waals surface area (Å²) in [4.78, 5) is 21.8. The summed E-state index contributed by atoms with van der Waals surface area (Å²) in [6.45, 7) is 6.37. The number of benzene rings is 1. The van der Waals surface area contributed by atoms with Crippen molar-refractivity contribution in [2.45, 2.75) is 4.90 Å². The van der Waals surface area contributed by atoms with Gasteiger partial charge in [-0.15, -0.1) is 11.8 Å². The number of nitrogens with zero attached hydrogens (tertiary/aromatic N) is 1. The number of ether oxygens (including phenoxy) is 2. The minimum absolute atomic E-state index is 0.783. The zero-order valence-corrected chi connectivity index (χ0v) is 15.3. The molecule has 0 amide bonds. The lowest BCUT2D eigenvalue weighted by Crippen LogP contribution is -2.38. The summed E-state index contributed by atoms with van der Waals surface area (Å²) in [6, 6.07) is 7.92. The summed E-state index contributed by atoms with van der Waals surface area (Å²) in [5.74, 6) is -2.67. The number of thioether (sulfide) groups is 1. The number of aliphatic carboxylic acids is 2. The van der Waals surface area contributed by atoms with Gasteiger partial charge in [-0.25, -0.2) is 9.59 Å². The van der Waals surface area contributed by atoms with Crippen LogP contribution in [0.15, 0.2) is 29.2 Å². The zero-order chi connectivity index (χ0) is 18.5. The predicted molar refractivity (Wildman–Crippen MR) is 95.5 cm³/mol. The highest BCUT2D eigenvalue weighted by atomic mass is 35.5. The van der Waals surface area contributed by atoms with E-state index in [0.717, 1.165) is 56.8 Å². The first-order valence-electron chi connectivity index (χ1n) is 7.71. The fourth-order valence-electron chi connectivity index (χ4n) is 1.87. The first-order valence-corrected chi connectivity index (χ1v) is 9.08. The number of carboxylic acid groups (broad SMARTS) is 2. The highest BCUT2D eigenvalue weighted by molar-refractivity contribution is 7.99. The lowest BCUT2D eigenvalue weighted by atomic mass is 10.4. The van der Waals surface area contributed by atoms with Gasteiger partial charge in [0.2, 0.25) is 0 Å². The molecule has 0 bridgehead atoms. The third-order valence-electron chi connectivity index (χ3n) is 3.15. The molecule has 1 heterocycles.